The Bertz CT molecular complexity index is 1330. The second kappa shape index (κ2) is 12.0. The molecule has 2 N–H and O–H groups in total. The van der Waals surface area contributed by atoms with Crippen LogP contribution < -0.4 is 14.8 Å². The van der Waals surface area contributed by atoms with E-state index in [-0.39, 0.29) is 18.6 Å². The topological polar surface area (TPSA) is 80.7 Å². The Morgan fingerprint density at radius 1 is 0.972 bits per heavy atom. The van der Waals surface area contributed by atoms with Gasteiger partial charge in [-0.05, 0) is 66.9 Å². The molecule has 4 rings (SSSR count). The number of amides is 1. The lowest BCUT2D eigenvalue weighted by molar-refractivity contribution is -0.116. The van der Waals surface area contributed by atoms with Crippen molar-refractivity contribution >= 4 is 28.5 Å². The SMILES string of the molecule is COc1ccc(C=C(C(=O)NC(C)CCO)c2ccc(OCc3ccc4ccccc4n3)cc2)cc1. The quantitative estimate of drug-likeness (QED) is 0.238. The number of fused-ring (bicyclic) bond motifs is 1. The van der Waals surface area contributed by atoms with Crippen molar-refractivity contribution in [3.05, 3.63) is 102 Å². The van der Waals surface area contributed by atoms with Crippen LogP contribution in [0.1, 0.15) is 30.2 Å². The third-order valence-corrected chi connectivity index (χ3v) is 5.82. The van der Waals surface area contributed by atoms with E-state index >= 15 is 0 Å². The first-order chi connectivity index (χ1) is 17.6. The highest BCUT2D eigenvalue weighted by Gasteiger charge is 2.15. The van der Waals surface area contributed by atoms with E-state index in [1.165, 1.54) is 0 Å². The molecule has 6 nitrogen and oxygen atoms in total. The average Bonchev–Trinajstić information content (AvgIpc) is 2.91. The summed E-state index contributed by atoms with van der Waals surface area (Å²) in [5.74, 6) is 1.23. The van der Waals surface area contributed by atoms with Crippen LogP contribution in [-0.4, -0.2) is 35.8 Å². The van der Waals surface area contributed by atoms with E-state index in [0.717, 1.165) is 33.5 Å². The van der Waals surface area contributed by atoms with Crippen LogP contribution in [0.3, 0.4) is 0 Å². The number of benzene rings is 3. The Balaban J connectivity index is 1.52. The number of carbonyl (C=O) groups is 1. The van der Waals surface area contributed by atoms with Crippen LogP contribution in [-0.2, 0) is 11.4 Å². The van der Waals surface area contributed by atoms with Crippen LogP contribution >= 0.6 is 0 Å². The van der Waals surface area contributed by atoms with Gasteiger partial charge in [-0.3, -0.25) is 4.79 Å². The molecule has 1 atom stereocenters. The average molecular weight is 483 g/mol. The van der Waals surface area contributed by atoms with Crippen molar-refractivity contribution < 1.29 is 19.4 Å². The van der Waals surface area contributed by atoms with Gasteiger partial charge in [0.25, 0.3) is 5.91 Å². The maximum Gasteiger partial charge on any atom is 0.252 e. The number of para-hydroxylation sites is 1. The summed E-state index contributed by atoms with van der Waals surface area (Å²) in [6, 6.07) is 26.8. The van der Waals surface area contributed by atoms with Crippen molar-refractivity contribution in [2.45, 2.75) is 26.0 Å². The summed E-state index contributed by atoms with van der Waals surface area (Å²) >= 11 is 0. The number of rotatable bonds is 10. The van der Waals surface area contributed by atoms with E-state index in [1.54, 1.807) is 7.11 Å². The molecule has 0 bridgehead atoms. The maximum absolute atomic E-state index is 13.1. The number of nitrogens with one attached hydrogen (secondary N) is 1. The minimum atomic E-state index is -0.208. The molecule has 1 aromatic heterocycles. The molecule has 36 heavy (non-hydrogen) atoms. The van der Waals surface area contributed by atoms with E-state index in [4.69, 9.17) is 9.47 Å². The molecule has 0 aliphatic rings. The zero-order chi connectivity index (χ0) is 25.3. The van der Waals surface area contributed by atoms with Gasteiger partial charge in [-0.2, -0.15) is 0 Å². The van der Waals surface area contributed by atoms with Crippen LogP contribution in [0, 0.1) is 0 Å². The monoisotopic (exact) mass is 482 g/mol. The minimum absolute atomic E-state index is 0.0110. The van der Waals surface area contributed by atoms with E-state index in [0.29, 0.717) is 24.4 Å². The molecular weight excluding hydrogens is 452 g/mol. The van der Waals surface area contributed by atoms with Crippen LogP contribution in [0.4, 0.5) is 0 Å². The Morgan fingerprint density at radius 3 is 2.42 bits per heavy atom. The summed E-state index contributed by atoms with van der Waals surface area (Å²) in [4.78, 5) is 17.8. The highest BCUT2D eigenvalue weighted by Crippen LogP contribution is 2.24. The van der Waals surface area contributed by atoms with Gasteiger partial charge in [0, 0.05) is 23.6 Å². The molecule has 0 aliphatic heterocycles. The molecule has 0 saturated heterocycles. The third kappa shape index (κ3) is 6.49. The zero-order valence-corrected chi connectivity index (χ0v) is 20.5. The molecule has 6 heteroatoms. The van der Waals surface area contributed by atoms with E-state index in [9.17, 15) is 9.90 Å². The summed E-state index contributed by atoms with van der Waals surface area (Å²) in [6.07, 6.45) is 2.33. The first-order valence-electron chi connectivity index (χ1n) is 11.9. The van der Waals surface area contributed by atoms with Crippen molar-refractivity contribution in [2.75, 3.05) is 13.7 Å². The van der Waals surface area contributed by atoms with Crippen molar-refractivity contribution in [3.8, 4) is 11.5 Å². The van der Waals surface area contributed by atoms with E-state index in [1.807, 2.05) is 97.9 Å². The van der Waals surface area contributed by atoms with Crippen molar-refractivity contribution in [2.24, 2.45) is 0 Å². The highest BCUT2D eigenvalue weighted by atomic mass is 16.5. The molecule has 0 spiro atoms. The second-order valence-corrected chi connectivity index (χ2v) is 8.53. The molecule has 184 valence electrons. The minimum Gasteiger partial charge on any atom is -0.497 e. The number of hydrogen-bond donors (Lipinski definition) is 2. The summed E-state index contributed by atoms with van der Waals surface area (Å²) < 4.78 is 11.2. The lowest BCUT2D eigenvalue weighted by Gasteiger charge is -2.15. The smallest absolute Gasteiger partial charge is 0.252 e. The Labute approximate surface area is 211 Å². The van der Waals surface area contributed by atoms with Crippen molar-refractivity contribution in [1.29, 1.82) is 0 Å². The molecule has 1 amide bonds. The van der Waals surface area contributed by atoms with Crippen molar-refractivity contribution in [1.82, 2.24) is 10.3 Å². The van der Waals surface area contributed by atoms with E-state index in [2.05, 4.69) is 10.3 Å². The number of nitrogens with zero attached hydrogens (tertiary/aromatic N) is 1. The Morgan fingerprint density at radius 2 is 1.69 bits per heavy atom. The molecule has 4 aromatic rings. The number of carbonyl (C=O) groups excluding carboxylic acids is 1. The summed E-state index contributed by atoms with van der Waals surface area (Å²) in [5.41, 5.74) is 3.93. The van der Waals surface area contributed by atoms with Gasteiger partial charge in [0.2, 0.25) is 0 Å². The summed E-state index contributed by atoms with van der Waals surface area (Å²) in [5, 5.41) is 13.3. The fourth-order valence-electron chi connectivity index (χ4n) is 3.79. The van der Waals surface area contributed by atoms with Gasteiger partial charge in [-0.1, -0.05) is 48.5 Å². The highest BCUT2D eigenvalue weighted by molar-refractivity contribution is 6.24. The Hall–Kier alpha value is -4.16. The first kappa shape index (κ1) is 24.9. The van der Waals surface area contributed by atoms with Crippen LogP contribution in [0.2, 0.25) is 0 Å². The number of pyridine rings is 1. The lowest BCUT2D eigenvalue weighted by Crippen LogP contribution is -2.33. The maximum atomic E-state index is 13.1. The van der Waals surface area contributed by atoms with Crippen molar-refractivity contribution in [3.63, 3.8) is 0 Å². The molecule has 0 saturated carbocycles. The fraction of sp³-hybridized carbons (Fsp3) is 0.200. The zero-order valence-electron chi connectivity index (χ0n) is 20.5. The molecular formula is C30H30N2O4. The number of aliphatic hydroxyl groups excluding tert-OH is 1. The number of ether oxygens (including phenoxy) is 2. The summed E-state index contributed by atoms with van der Waals surface area (Å²) in [7, 11) is 1.62. The van der Waals surface area contributed by atoms with Crippen LogP contribution in [0.25, 0.3) is 22.6 Å². The van der Waals surface area contributed by atoms with Gasteiger partial charge < -0.3 is 19.9 Å². The first-order valence-corrected chi connectivity index (χ1v) is 11.9. The largest absolute Gasteiger partial charge is 0.497 e. The number of aliphatic hydroxyl groups is 1. The molecule has 1 heterocycles. The number of hydrogen-bond acceptors (Lipinski definition) is 5. The number of aromatic nitrogens is 1. The lowest BCUT2D eigenvalue weighted by atomic mass is 10.0. The molecule has 0 fully saturated rings. The predicted octanol–water partition coefficient (Wildman–Crippen LogP) is 5.25. The molecule has 0 aliphatic carbocycles. The fourth-order valence-corrected chi connectivity index (χ4v) is 3.79. The van der Waals surface area contributed by atoms with Gasteiger partial charge in [0.15, 0.2) is 0 Å². The third-order valence-electron chi connectivity index (χ3n) is 5.82. The Kier molecular flexibility index (Phi) is 8.32. The second-order valence-electron chi connectivity index (χ2n) is 8.53. The van der Waals surface area contributed by atoms with Gasteiger partial charge in [0.1, 0.15) is 18.1 Å². The summed E-state index contributed by atoms with van der Waals surface area (Å²) in [6.45, 7) is 2.23. The predicted molar refractivity (Wildman–Crippen MR) is 143 cm³/mol. The van der Waals surface area contributed by atoms with Gasteiger partial charge in [-0.25, -0.2) is 4.98 Å². The van der Waals surface area contributed by atoms with Crippen LogP contribution in [0.15, 0.2) is 84.9 Å². The number of methoxy groups -OCH3 is 1. The van der Waals surface area contributed by atoms with Crippen LogP contribution in [0.5, 0.6) is 11.5 Å². The van der Waals surface area contributed by atoms with E-state index < -0.39 is 0 Å². The standard InChI is InChI=1S/C30H30N2O4/c1-21(17-18-33)31-30(34)28(19-22-7-13-26(35-2)14-8-22)23-10-15-27(16-11-23)36-20-25-12-9-24-5-3-4-6-29(24)32-25/h3-16,19,21,33H,17-18,20H2,1-2H3,(H,31,34). The normalized spacial score (nSPS) is 12.2. The van der Waals surface area contributed by atoms with Gasteiger partial charge in [0.05, 0.1) is 18.3 Å². The molecule has 3 aromatic carbocycles. The van der Waals surface area contributed by atoms with Gasteiger partial charge in [-0.15, -0.1) is 0 Å². The molecule has 0 radical (unpaired) electrons. The molecule has 1 unspecified atom stereocenters. The van der Waals surface area contributed by atoms with Gasteiger partial charge >= 0.3 is 0 Å².